The number of hydrogen-bond donors (Lipinski definition) is 2. The highest BCUT2D eigenvalue weighted by molar-refractivity contribution is 6.32. The van der Waals surface area contributed by atoms with Crippen molar-refractivity contribution < 1.29 is 19.4 Å². The standard InChI is InChI=1S/C27H34ClN3O4/c1-27(15-34-14-24(27)32)31-6-4-16(5-7-31)19-9-17-11-25(29-13-18(17)10-22(19)28)30-26(33)21-12-20(21)23-3-2-8-35-23/h9-11,13,16,20-21,23-24,32H,2-8,12,14-15H2,1H3,(H,29,30,33)/t20-,21-,23?,24-,27+/m1/s1. The number of rotatable bonds is 5. The van der Waals surface area contributed by atoms with Crippen LogP contribution in [0.25, 0.3) is 10.8 Å². The van der Waals surface area contributed by atoms with Gasteiger partial charge in [-0.3, -0.25) is 9.69 Å². The van der Waals surface area contributed by atoms with Crippen molar-refractivity contribution in [2.24, 2.45) is 11.8 Å². The van der Waals surface area contributed by atoms with Crippen LogP contribution >= 0.6 is 11.6 Å². The first-order valence-electron chi connectivity index (χ1n) is 12.9. The van der Waals surface area contributed by atoms with Crippen molar-refractivity contribution in [1.82, 2.24) is 9.88 Å². The molecule has 2 N–H and O–H groups in total. The van der Waals surface area contributed by atoms with Gasteiger partial charge in [0.15, 0.2) is 0 Å². The van der Waals surface area contributed by atoms with Gasteiger partial charge in [-0.05, 0) is 93.1 Å². The van der Waals surface area contributed by atoms with Crippen LogP contribution in [-0.4, -0.2) is 71.6 Å². The van der Waals surface area contributed by atoms with E-state index in [1.807, 2.05) is 12.1 Å². The van der Waals surface area contributed by atoms with Gasteiger partial charge in [-0.15, -0.1) is 0 Å². The lowest BCUT2D eigenvalue weighted by Crippen LogP contribution is -2.56. The number of piperidine rings is 1. The molecule has 4 aliphatic rings. The summed E-state index contributed by atoms with van der Waals surface area (Å²) in [6.45, 7) is 5.71. The molecular weight excluding hydrogens is 466 g/mol. The molecule has 1 aromatic heterocycles. The number of carbonyl (C=O) groups is 1. The number of benzene rings is 1. The highest BCUT2D eigenvalue weighted by atomic mass is 35.5. The number of aliphatic hydroxyl groups excluding tert-OH is 1. The molecule has 1 aromatic carbocycles. The van der Waals surface area contributed by atoms with E-state index in [-0.39, 0.29) is 23.5 Å². The van der Waals surface area contributed by atoms with Crippen molar-refractivity contribution in [2.45, 2.75) is 62.7 Å². The number of amides is 1. The van der Waals surface area contributed by atoms with E-state index >= 15 is 0 Å². The lowest BCUT2D eigenvalue weighted by molar-refractivity contribution is -0.118. The quantitative estimate of drug-likeness (QED) is 0.647. The molecule has 1 amide bonds. The van der Waals surface area contributed by atoms with Gasteiger partial charge in [-0.2, -0.15) is 0 Å². The Bertz CT molecular complexity index is 1120. The Morgan fingerprint density at radius 2 is 2.06 bits per heavy atom. The van der Waals surface area contributed by atoms with Crippen molar-refractivity contribution in [3.63, 3.8) is 0 Å². The van der Waals surface area contributed by atoms with E-state index in [1.54, 1.807) is 6.20 Å². The van der Waals surface area contributed by atoms with Crippen LogP contribution in [0.1, 0.15) is 50.5 Å². The van der Waals surface area contributed by atoms with Gasteiger partial charge in [-0.25, -0.2) is 4.98 Å². The molecule has 4 fully saturated rings. The number of nitrogens with zero attached hydrogens (tertiary/aromatic N) is 2. The highest BCUT2D eigenvalue weighted by Crippen LogP contribution is 2.46. The SMILES string of the molecule is C[C@]1(N2CCC(c3cc4cc(NC(=O)[C@@H]5C[C@H]5C5CCCO5)ncc4cc3Cl)CC2)COC[C@H]1O. The van der Waals surface area contributed by atoms with Crippen LogP contribution in [0, 0.1) is 11.8 Å². The molecule has 4 heterocycles. The number of aliphatic hydroxyl groups is 1. The number of hydrogen-bond acceptors (Lipinski definition) is 6. The summed E-state index contributed by atoms with van der Waals surface area (Å²) < 4.78 is 11.3. The highest BCUT2D eigenvalue weighted by Gasteiger charge is 2.49. The second-order valence-electron chi connectivity index (χ2n) is 11.0. The van der Waals surface area contributed by atoms with Gasteiger partial charge in [0, 0.05) is 29.1 Å². The number of aromatic nitrogens is 1. The molecule has 0 spiro atoms. The molecule has 3 saturated heterocycles. The first kappa shape index (κ1) is 23.6. The van der Waals surface area contributed by atoms with Crippen LogP contribution in [0.3, 0.4) is 0 Å². The predicted molar refractivity (Wildman–Crippen MR) is 135 cm³/mol. The van der Waals surface area contributed by atoms with Gasteiger partial charge in [0.2, 0.25) is 5.91 Å². The molecule has 35 heavy (non-hydrogen) atoms. The maximum Gasteiger partial charge on any atom is 0.229 e. The summed E-state index contributed by atoms with van der Waals surface area (Å²) in [5.74, 6) is 1.38. The number of fused-ring (bicyclic) bond motifs is 1. The Balaban J connectivity index is 1.14. The lowest BCUT2D eigenvalue weighted by Gasteiger charge is -2.43. The average Bonchev–Trinajstić information content (AvgIpc) is 3.32. The summed E-state index contributed by atoms with van der Waals surface area (Å²) in [5, 5.41) is 16.2. The molecule has 1 saturated carbocycles. The van der Waals surface area contributed by atoms with Gasteiger partial charge in [-0.1, -0.05) is 11.6 Å². The molecule has 8 heteroatoms. The van der Waals surface area contributed by atoms with E-state index in [2.05, 4.69) is 28.2 Å². The van der Waals surface area contributed by atoms with Crippen LogP contribution in [0.4, 0.5) is 5.82 Å². The average molecular weight is 500 g/mol. The molecular formula is C27H34ClN3O4. The topological polar surface area (TPSA) is 83.9 Å². The van der Waals surface area contributed by atoms with Crippen molar-refractivity contribution in [3.05, 3.63) is 35.0 Å². The van der Waals surface area contributed by atoms with Gasteiger partial charge >= 0.3 is 0 Å². The molecule has 3 aliphatic heterocycles. The minimum Gasteiger partial charge on any atom is -0.389 e. The van der Waals surface area contributed by atoms with Crippen LogP contribution in [0.2, 0.25) is 5.02 Å². The van der Waals surface area contributed by atoms with E-state index in [9.17, 15) is 9.90 Å². The minimum absolute atomic E-state index is 0.0344. The summed E-state index contributed by atoms with van der Waals surface area (Å²) >= 11 is 6.72. The van der Waals surface area contributed by atoms with Gasteiger partial charge in [0.25, 0.3) is 0 Å². The molecule has 7 nitrogen and oxygen atoms in total. The number of likely N-dealkylation sites (tertiary alicyclic amines) is 1. The van der Waals surface area contributed by atoms with Crippen LogP contribution in [0.15, 0.2) is 24.4 Å². The number of halogens is 1. The van der Waals surface area contributed by atoms with Crippen molar-refractivity contribution in [1.29, 1.82) is 0 Å². The maximum absolute atomic E-state index is 12.8. The van der Waals surface area contributed by atoms with E-state index in [4.69, 9.17) is 21.1 Å². The van der Waals surface area contributed by atoms with Gasteiger partial charge in [0.1, 0.15) is 5.82 Å². The fourth-order valence-electron chi connectivity index (χ4n) is 6.31. The molecule has 2 aromatic rings. The molecule has 1 unspecified atom stereocenters. The Morgan fingerprint density at radius 3 is 2.77 bits per heavy atom. The maximum atomic E-state index is 12.8. The van der Waals surface area contributed by atoms with Crippen molar-refractivity contribution in [3.8, 4) is 0 Å². The molecule has 188 valence electrons. The smallest absolute Gasteiger partial charge is 0.229 e. The number of nitrogens with one attached hydrogen (secondary N) is 1. The zero-order valence-corrected chi connectivity index (χ0v) is 21.0. The second-order valence-corrected chi connectivity index (χ2v) is 11.4. The third-order valence-corrected chi connectivity index (χ3v) is 9.08. The molecule has 0 radical (unpaired) electrons. The van der Waals surface area contributed by atoms with Crippen molar-refractivity contribution >= 4 is 34.1 Å². The third-order valence-electron chi connectivity index (χ3n) is 8.75. The largest absolute Gasteiger partial charge is 0.389 e. The lowest BCUT2D eigenvalue weighted by atomic mass is 9.85. The number of pyridine rings is 1. The molecule has 0 bridgehead atoms. The number of anilines is 1. The Hall–Kier alpha value is -1.77. The first-order chi connectivity index (χ1) is 16.9. The molecule has 5 atom stereocenters. The fourth-order valence-corrected chi connectivity index (χ4v) is 6.63. The fraction of sp³-hybridized carbons (Fsp3) is 0.630. The van der Waals surface area contributed by atoms with Crippen molar-refractivity contribution in [2.75, 3.05) is 38.2 Å². The second kappa shape index (κ2) is 9.27. The van der Waals surface area contributed by atoms with Gasteiger partial charge in [0.05, 0.1) is 31.0 Å². The Kier molecular flexibility index (Phi) is 6.26. The van der Waals surface area contributed by atoms with Gasteiger partial charge < -0.3 is 19.9 Å². The minimum atomic E-state index is -0.443. The third kappa shape index (κ3) is 4.46. The zero-order valence-electron chi connectivity index (χ0n) is 20.2. The molecule has 1 aliphatic carbocycles. The Morgan fingerprint density at radius 1 is 1.23 bits per heavy atom. The first-order valence-corrected chi connectivity index (χ1v) is 13.3. The van der Waals surface area contributed by atoms with Crippen LogP contribution in [-0.2, 0) is 14.3 Å². The summed E-state index contributed by atoms with van der Waals surface area (Å²) in [5.41, 5.74) is 0.845. The summed E-state index contributed by atoms with van der Waals surface area (Å²) in [7, 11) is 0. The number of ether oxygens (including phenoxy) is 2. The molecule has 6 rings (SSSR count). The normalized spacial score (nSPS) is 33.9. The van der Waals surface area contributed by atoms with E-state index in [0.29, 0.717) is 30.9 Å². The number of carbonyl (C=O) groups excluding carboxylic acids is 1. The summed E-state index contributed by atoms with van der Waals surface area (Å²) in [4.78, 5) is 19.6. The zero-order chi connectivity index (χ0) is 24.2. The van der Waals surface area contributed by atoms with E-state index in [1.165, 1.54) is 0 Å². The van der Waals surface area contributed by atoms with Crippen LogP contribution < -0.4 is 5.32 Å². The summed E-state index contributed by atoms with van der Waals surface area (Å²) in [6.07, 6.45) is 6.63. The monoisotopic (exact) mass is 499 g/mol. The van der Waals surface area contributed by atoms with Crippen LogP contribution in [0.5, 0.6) is 0 Å². The summed E-state index contributed by atoms with van der Waals surface area (Å²) in [6, 6.07) is 6.11. The van der Waals surface area contributed by atoms with E-state index in [0.717, 1.165) is 73.2 Å². The van der Waals surface area contributed by atoms with E-state index < -0.39 is 6.10 Å². The Labute approximate surface area is 211 Å². The predicted octanol–water partition coefficient (Wildman–Crippen LogP) is 3.97.